The van der Waals surface area contributed by atoms with E-state index >= 15 is 0 Å². The number of aryl methyl sites for hydroxylation is 1. The van der Waals surface area contributed by atoms with Crippen molar-refractivity contribution in [3.05, 3.63) is 34.9 Å². The highest BCUT2D eigenvalue weighted by molar-refractivity contribution is 5.39. The van der Waals surface area contributed by atoms with Gasteiger partial charge in [-0.15, -0.1) is 0 Å². The van der Waals surface area contributed by atoms with E-state index in [1.54, 1.807) is 6.07 Å². The van der Waals surface area contributed by atoms with Crippen molar-refractivity contribution < 1.29 is 13.2 Å². The van der Waals surface area contributed by atoms with Crippen LogP contribution in [0.1, 0.15) is 48.9 Å². The van der Waals surface area contributed by atoms with Gasteiger partial charge in [-0.25, -0.2) is 0 Å². The third-order valence-electron chi connectivity index (χ3n) is 6.75. The standard InChI is InChI=1S/C20H28F3N3/c1-19(6-8-24-9-7-19)18-13-25-10-11-26(18)17-5-3-14-2-4-15(12-16(14)17)20(21,22)23/h2,4,12,17-18,24-25H,3,5-11,13H2,1H3. The van der Waals surface area contributed by atoms with Crippen molar-refractivity contribution in [2.75, 3.05) is 32.7 Å². The zero-order chi connectivity index (χ0) is 18.4. The van der Waals surface area contributed by atoms with Crippen LogP contribution in [0.5, 0.6) is 0 Å². The normalized spacial score (nSPS) is 29.5. The molecule has 4 rings (SSSR count). The molecule has 2 fully saturated rings. The molecule has 3 nitrogen and oxygen atoms in total. The molecule has 0 saturated carbocycles. The average molecular weight is 367 g/mol. The number of piperidine rings is 1. The molecule has 3 aliphatic rings. The molecule has 2 N–H and O–H groups in total. The molecule has 2 heterocycles. The van der Waals surface area contributed by atoms with Gasteiger partial charge in [-0.1, -0.05) is 13.0 Å². The van der Waals surface area contributed by atoms with Crippen LogP contribution in [0, 0.1) is 5.41 Å². The first kappa shape index (κ1) is 18.3. The zero-order valence-electron chi connectivity index (χ0n) is 15.3. The maximum Gasteiger partial charge on any atom is 0.416 e. The van der Waals surface area contributed by atoms with Crippen LogP contribution in [-0.4, -0.2) is 43.7 Å². The number of rotatable bonds is 2. The molecule has 0 aromatic heterocycles. The maximum atomic E-state index is 13.2. The molecule has 0 spiro atoms. The number of alkyl halides is 3. The Labute approximate surface area is 153 Å². The van der Waals surface area contributed by atoms with E-state index in [4.69, 9.17) is 0 Å². The summed E-state index contributed by atoms with van der Waals surface area (Å²) in [6.07, 6.45) is -0.212. The molecule has 1 aliphatic carbocycles. The van der Waals surface area contributed by atoms with Crippen LogP contribution in [0.2, 0.25) is 0 Å². The number of nitrogens with zero attached hydrogens (tertiary/aromatic N) is 1. The Morgan fingerprint density at radius 1 is 1.12 bits per heavy atom. The van der Waals surface area contributed by atoms with Gasteiger partial charge in [-0.2, -0.15) is 13.2 Å². The van der Waals surface area contributed by atoms with Crippen molar-refractivity contribution in [1.29, 1.82) is 0 Å². The first-order chi connectivity index (χ1) is 12.4. The van der Waals surface area contributed by atoms with Gasteiger partial charge in [0.2, 0.25) is 0 Å². The number of nitrogens with one attached hydrogen (secondary N) is 2. The highest BCUT2D eigenvalue weighted by atomic mass is 19.4. The molecule has 1 aromatic carbocycles. The lowest BCUT2D eigenvalue weighted by Gasteiger charge is -2.51. The number of fused-ring (bicyclic) bond motifs is 1. The molecule has 1 aromatic rings. The smallest absolute Gasteiger partial charge is 0.317 e. The lowest BCUT2D eigenvalue weighted by atomic mass is 9.72. The van der Waals surface area contributed by atoms with Crippen LogP contribution in [0.15, 0.2) is 18.2 Å². The first-order valence-electron chi connectivity index (χ1n) is 9.76. The summed E-state index contributed by atoms with van der Waals surface area (Å²) in [5.41, 5.74) is 1.70. The Morgan fingerprint density at radius 2 is 1.88 bits per heavy atom. The number of piperazine rings is 1. The van der Waals surface area contributed by atoms with Gasteiger partial charge in [-0.05, 0) is 67.4 Å². The van der Waals surface area contributed by atoms with Crippen molar-refractivity contribution >= 4 is 0 Å². The van der Waals surface area contributed by atoms with Crippen LogP contribution in [0.25, 0.3) is 0 Å². The molecular formula is C20H28F3N3. The molecule has 26 heavy (non-hydrogen) atoms. The van der Waals surface area contributed by atoms with Gasteiger partial charge in [0.05, 0.1) is 5.56 Å². The van der Waals surface area contributed by atoms with Gasteiger partial charge in [-0.3, -0.25) is 4.90 Å². The van der Waals surface area contributed by atoms with Crippen LogP contribution in [0.3, 0.4) is 0 Å². The summed E-state index contributed by atoms with van der Waals surface area (Å²) in [5.74, 6) is 0. The number of halogens is 3. The summed E-state index contributed by atoms with van der Waals surface area (Å²) in [4.78, 5) is 2.52. The van der Waals surface area contributed by atoms with Crippen molar-refractivity contribution in [3.8, 4) is 0 Å². The summed E-state index contributed by atoms with van der Waals surface area (Å²) in [6.45, 7) is 7.17. The van der Waals surface area contributed by atoms with Crippen LogP contribution < -0.4 is 10.6 Å². The Bertz CT molecular complexity index is 652. The fourth-order valence-corrected chi connectivity index (χ4v) is 5.17. The third kappa shape index (κ3) is 3.27. The van der Waals surface area contributed by atoms with Gasteiger partial charge in [0.25, 0.3) is 0 Å². The lowest BCUT2D eigenvalue weighted by molar-refractivity contribution is -0.137. The largest absolute Gasteiger partial charge is 0.416 e. The van der Waals surface area contributed by atoms with E-state index < -0.39 is 11.7 Å². The van der Waals surface area contributed by atoms with Gasteiger partial charge in [0, 0.05) is 31.7 Å². The van der Waals surface area contributed by atoms with Crippen molar-refractivity contribution in [2.45, 2.75) is 50.9 Å². The number of hydrogen-bond acceptors (Lipinski definition) is 3. The Morgan fingerprint density at radius 3 is 2.62 bits per heavy atom. The van der Waals surface area contributed by atoms with Gasteiger partial charge < -0.3 is 10.6 Å². The van der Waals surface area contributed by atoms with Crippen molar-refractivity contribution in [2.24, 2.45) is 5.41 Å². The van der Waals surface area contributed by atoms with Crippen LogP contribution >= 0.6 is 0 Å². The van der Waals surface area contributed by atoms with E-state index in [1.807, 2.05) is 0 Å². The highest BCUT2D eigenvalue weighted by Crippen LogP contribution is 2.44. The van der Waals surface area contributed by atoms with Gasteiger partial charge in [0.15, 0.2) is 0 Å². The topological polar surface area (TPSA) is 27.3 Å². The molecule has 2 atom stereocenters. The molecule has 2 unspecified atom stereocenters. The van der Waals surface area contributed by atoms with Crippen LogP contribution in [0.4, 0.5) is 13.2 Å². The minimum Gasteiger partial charge on any atom is -0.317 e. The van der Waals surface area contributed by atoms with E-state index in [0.717, 1.165) is 69.5 Å². The summed E-state index contributed by atoms with van der Waals surface area (Å²) < 4.78 is 39.7. The number of hydrogen-bond donors (Lipinski definition) is 2. The Balaban J connectivity index is 1.65. The predicted molar refractivity (Wildman–Crippen MR) is 96.1 cm³/mol. The van der Waals surface area contributed by atoms with E-state index in [1.165, 1.54) is 12.1 Å². The quantitative estimate of drug-likeness (QED) is 0.839. The minimum atomic E-state index is -4.27. The molecule has 144 valence electrons. The summed E-state index contributed by atoms with van der Waals surface area (Å²) >= 11 is 0. The minimum absolute atomic E-state index is 0.117. The van der Waals surface area contributed by atoms with E-state index in [0.29, 0.717) is 6.04 Å². The highest BCUT2D eigenvalue weighted by Gasteiger charge is 2.44. The van der Waals surface area contributed by atoms with E-state index in [2.05, 4.69) is 22.5 Å². The zero-order valence-corrected chi connectivity index (χ0v) is 15.3. The van der Waals surface area contributed by atoms with Crippen LogP contribution in [-0.2, 0) is 12.6 Å². The van der Waals surface area contributed by atoms with Crippen molar-refractivity contribution in [3.63, 3.8) is 0 Å². The second-order valence-corrected chi connectivity index (χ2v) is 8.33. The molecule has 0 radical (unpaired) electrons. The predicted octanol–water partition coefficient (Wildman–Crippen LogP) is 3.36. The van der Waals surface area contributed by atoms with E-state index in [9.17, 15) is 13.2 Å². The maximum absolute atomic E-state index is 13.2. The van der Waals surface area contributed by atoms with Gasteiger partial charge >= 0.3 is 6.18 Å². The SMILES string of the molecule is CC1(C2CNCCN2C2CCc3ccc(C(F)(F)F)cc32)CCNCC1. The second kappa shape index (κ2) is 6.80. The monoisotopic (exact) mass is 367 g/mol. The first-order valence-corrected chi connectivity index (χ1v) is 9.76. The molecule has 6 heteroatoms. The van der Waals surface area contributed by atoms with Crippen molar-refractivity contribution in [1.82, 2.24) is 15.5 Å². The lowest BCUT2D eigenvalue weighted by Crippen LogP contribution is -2.60. The number of benzene rings is 1. The average Bonchev–Trinajstić information content (AvgIpc) is 3.05. The van der Waals surface area contributed by atoms with Gasteiger partial charge in [0.1, 0.15) is 0 Å². The molecule has 2 saturated heterocycles. The Kier molecular flexibility index (Phi) is 4.78. The Hall–Kier alpha value is -1.11. The second-order valence-electron chi connectivity index (χ2n) is 8.33. The fourth-order valence-electron chi connectivity index (χ4n) is 5.17. The molecule has 2 aliphatic heterocycles. The summed E-state index contributed by atoms with van der Waals surface area (Å²) in [7, 11) is 0. The molecular weight excluding hydrogens is 339 g/mol. The van der Waals surface area contributed by atoms with E-state index in [-0.39, 0.29) is 11.5 Å². The molecule has 0 amide bonds. The molecule has 0 bridgehead atoms. The summed E-state index contributed by atoms with van der Waals surface area (Å²) in [6, 6.07) is 4.85. The fraction of sp³-hybridized carbons (Fsp3) is 0.700. The summed E-state index contributed by atoms with van der Waals surface area (Å²) in [5, 5.41) is 6.97. The third-order valence-corrected chi connectivity index (χ3v) is 6.75.